The molecule has 1 atom stereocenters. The van der Waals surface area contributed by atoms with Gasteiger partial charge in [0.2, 0.25) is 0 Å². The number of aromatic carboxylic acids is 1. The van der Waals surface area contributed by atoms with Crippen molar-refractivity contribution in [3.63, 3.8) is 0 Å². The summed E-state index contributed by atoms with van der Waals surface area (Å²) in [6.07, 6.45) is 3.75. The molecule has 2 rings (SSSR count). The molecule has 1 aliphatic heterocycles. The summed E-state index contributed by atoms with van der Waals surface area (Å²) in [4.78, 5) is 13.3. The van der Waals surface area contributed by atoms with Crippen molar-refractivity contribution >= 4 is 17.6 Å². The van der Waals surface area contributed by atoms with Gasteiger partial charge in [0.15, 0.2) is 0 Å². The Balaban J connectivity index is 2.04. The molecule has 0 saturated carbocycles. The molecule has 1 aromatic rings. The van der Waals surface area contributed by atoms with E-state index in [1.807, 2.05) is 6.07 Å². The minimum absolute atomic E-state index is 0.248. The van der Waals surface area contributed by atoms with Gasteiger partial charge in [-0.3, -0.25) is 4.90 Å². The summed E-state index contributed by atoms with van der Waals surface area (Å²) in [7, 11) is 0. The molecule has 1 aromatic carbocycles. The highest BCUT2D eigenvalue weighted by Gasteiger charge is 2.15. The Labute approximate surface area is 119 Å². The van der Waals surface area contributed by atoms with Gasteiger partial charge < -0.3 is 5.11 Å². The van der Waals surface area contributed by atoms with Gasteiger partial charge in [-0.05, 0) is 56.0 Å². The first kappa shape index (κ1) is 14.4. The number of benzene rings is 1. The van der Waals surface area contributed by atoms with E-state index in [1.54, 1.807) is 12.1 Å². The van der Waals surface area contributed by atoms with Crippen LogP contribution >= 0.6 is 11.6 Å². The van der Waals surface area contributed by atoms with Gasteiger partial charge >= 0.3 is 5.97 Å². The molecule has 0 aromatic heterocycles. The molecule has 0 spiro atoms. The van der Waals surface area contributed by atoms with Gasteiger partial charge in [-0.2, -0.15) is 0 Å². The van der Waals surface area contributed by atoms with E-state index in [4.69, 9.17) is 16.7 Å². The Bertz CT molecular complexity index is 461. The molecule has 4 heteroatoms. The number of rotatable bonds is 3. The van der Waals surface area contributed by atoms with Crippen molar-refractivity contribution in [2.75, 3.05) is 13.1 Å². The fraction of sp³-hybridized carbons (Fsp3) is 0.533. The fourth-order valence-electron chi connectivity index (χ4n) is 2.53. The summed E-state index contributed by atoms with van der Waals surface area (Å²) in [6.45, 7) is 5.31. The van der Waals surface area contributed by atoms with Gasteiger partial charge in [-0.15, -0.1) is 0 Å². The van der Waals surface area contributed by atoms with Crippen LogP contribution in [0.2, 0.25) is 5.02 Å². The van der Waals surface area contributed by atoms with Crippen molar-refractivity contribution in [3.8, 4) is 0 Å². The van der Waals surface area contributed by atoms with Crippen LogP contribution in [0.1, 0.15) is 42.1 Å². The van der Waals surface area contributed by atoms with Gasteiger partial charge in [-0.25, -0.2) is 4.79 Å². The van der Waals surface area contributed by atoms with E-state index in [0.717, 1.165) is 31.1 Å². The number of halogens is 1. The standard InChI is InChI=1S/C15H20ClNO2/c1-11-3-2-7-17(8-6-11)10-13-5-4-12(15(18)19)9-14(13)16/h4-5,9,11H,2-3,6-8,10H2,1H3,(H,18,19). The van der Waals surface area contributed by atoms with E-state index in [0.29, 0.717) is 5.02 Å². The Hall–Kier alpha value is -1.06. The molecule has 1 heterocycles. The molecule has 1 N–H and O–H groups in total. The van der Waals surface area contributed by atoms with Crippen LogP contribution in [-0.4, -0.2) is 29.1 Å². The summed E-state index contributed by atoms with van der Waals surface area (Å²) >= 11 is 6.17. The lowest BCUT2D eigenvalue weighted by molar-refractivity contribution is 0.0697. The average molecular weight is 282 g/mol. The lowest BCUT2D eigenvalue weighted by atomic mass is 10.0. The van der Waals surface area contributed by atoms with E-state index in [2.05, 4.69) is 11.8 Å². The SMILES string of the molecule is CC1CCCN(Cc2ccc(C(=O)O)cc2Cl)CC1. The van der Waals surface area contributed by atoms with Crippen LogP contribution < -0.4 is 0 Å². The molecule has 3 nitrogen and oxygen atoms in total. The molecule has 1 saturated heterocycles. The second kappa shape index (κ2) is 6.40. The Morgan fingerprint density at radius 3 is 2.89 bits per heavy atom. The first-order valence-corrected chi connectivity index (χ1v) is 7.18. The van der Waals surface area contributed by atoms with Crippen LogP contribution in [0.25, 0.3) is 0 Å². The number of hydrogen-bond acceptors (Lipinski definition) is 2. The molecule has 1 unspecified atom stereocenters. The van der Waals surface area contributed by atoms with E-state index < -0.39 is 5.97 Å². The maximum atomic E-state index is 10.9. The molecule has 0 amide bonds. The third-order valence-corrected chi connectivity index (χ3v) is 4.16. The van der Waals surface area contributed by atoms with Gasteiger partial charge in [0, 0.05) is 11.6 Å². The highest BCUT2D eigenvalue weighted by atomic mass is 35.5. The number of carboxylic acids is 1. The van der Waals surface area contributed by atoms with Crippen LogP contribution in [0.3, 0.4) is 0 Å². The summed E-state index contributed by atoms with van der Waals surface area (Å²) in [5, 5.41) is 9.47. The van der Waals surface area contributed by atoms with Crippen LogP contribution in [0.4, 0.5) is 0 Å². The van der Waals surface area contributed by atoms with Crippen molar-refractivity contribution in [3.05, 3.63) is 34.3 Å². The molecular formula is C15H20ClNO2. The Morgan fingerprint density at radius 2 is 2.21 bits per heavy atom. The molecule has 0 bridgehead atoms. The second-order valence-electron chi connectivity index (χ2n) is 5.42. The summed E-state index contributed by atoms with van der Waals surface area (Å²) < 4.78 is 0. The zero-order valence-electron chi connectivity index (χ0n) is 11.2. The van der Waals surface area contributed by atoms with Crippen molar-refractivity contribution in [1.82, 2.24) is 4.90 Å². The lowest BCUT2D eigenvalue weighted by Crippen LogP contribution is -2.24. The van der Waals surface area contributed by atoms with Gasteiger partial charge in [0.05, 0.1) is 5.56 Å². The van der Waals surface area contributed by atoms with E-state index in [1.165, 1.54) is 19.3 Å². The van der Waals surface area contributed by atoms with Crippen LogP contribution in [0, 0.1) is 5.92 Å². The minimum atomic E-state index is -0.933. The quantitative estimate of drug-likeness (QED) is 0.919. The van der Waals surface area contributed by atoms with Gasteiger partial charge in [0.1, 0.15) is 0 Å². The predicted molar refractivity (Wildman–Crippen MR) is 76.7 cm³/mol. The molecule has 0 aliphatic carbocycles. The highest BCUT2D eigenvalue weighted by molar-refractivity contribution is 6.31. The molecular weight excluding hydrogens is 262 g/mol. The third-order valence-electron chi connectivity index (χ3n) is 3.80. The van der Waals surface area contributed by atoms with Crippen molar-refractivity contribution in [1.29, 1.82) is 0 Å². The Morgan fingerprint density at radius 1 is 1.42 bits per heavy atom. The monoisotopic (exact) mass is 281 g/mol. The number of nitrogens with zero attached hydrogens (tertiary/aromatic N) is 1. The summed E-state index contributed by atoms with van der Waals surface area (Å²) in [6, 6.07) is 5.00. The van der Waals surface area contributed by atoms with Gasteiger partial charge in [0.25, 0.3) is 0 Å². The lowest BCUT2D eigenvalue weighted by Gasteiger charge is -2.20. The molecule has 1 fully saturated rings. The normalized spacial score (nSPS) is 21.1. The third kappa shape index (κ3) is 3.95. The van der Waals surface area contributed by atoms with Crippen LogP contribution in [0.5, 0.6) is 0 Å². The largest absolute Gasteiger partial charge is 0.478 e. The first-order chi connectivity index (χ1) is 9.06. The van der Waals surface area contributed by atoms with Crippen molar-refractivity contribution < 1.29 is 9.90 Å². The smallest absolute Gasteiger partial charge is 0.335 e. The Kier molecular flexibility index (Phi) is 4.83. The van der Waals surface area contributed by atoms with E-state index >= 15 is 0 Å². The molecule has 1 aliphatic rings. The number of carbonyl (C=O) groups is 1. The maximum absolute atomic E-state index is 10.9. The number of carboxylic acid groups (broad SMARTS) is 1. The first-order valence-electron chi connectivity index (χ1n) is 6.80. The van der Waals surface area contributed by atoms with E-state index in [-0.39, 0.29) is 5.56 Å². The van der Waals surface area contributed by atoms with Crippen molar-refractivity contribution in [2.45, 2.75) is 32.7 Å². The molecule has 104 valence electrons. The second-order valence-corrected chi connectivity index (χ2v) is 5.83. The van der Waals surface area contributed by atoms with Crippen molar-refractivity contribution in [2.24, 2.45) is 5.92 Å². The summed E-state index contributed by atoms with van der Waals surface area (Å²) in [5.41, 5.74) is 1.26. The topological polar surface area (TPSA) is 40.5 Å². The minimum Gasteiger partial charge on any atom is -0.478 e. The fourth-order valence-corrected chi connectivity index (χ4v) is 2.77. The van der Waals surface area contributed by atoms with Crippen LogP contribution in [-0.2, 0) is 6.54 Å². The zero-order chi connectivity index (χ0) is 13.8. The number of likely N-dealkylation sites (tertiary alicyclic amines) is 1. The predicted octanol–water partition coefficient (Wildman–Crippen LogP) is 3.66. The average Bonchev–Trinajstić information content (AvgIpc) is 2.57. The number of hydrogen-bond donors (Lipinski definition) is 1. The van der Waals surface area contributed by atoms with E-state index in [9.17, 15) is 4.79 Å². The van der Waals surface area contributed by atoms with Gasteiger partial charge in [-0.1, -0.05) is 24.6 Å². The molecule has 19 heavy (non-hydrogen) atoms. The summed E-state index contributed by atoms with van der Waals surface area (Å²) in [5.74, 6) is -0.132. The van der Waals surface area contributed by atoms with Crippen LogP contribution in [0.15, 0.2) is 18.2 Å². The maximum Gasteiger partial charge on any atom is 0.335 e. The highest BCUT2D eigenvalue weighted by Crippen LogP contribution is 2.22. The molecule has 0 radical (unpaired) electrons. The zero-order valence-corrected chi connectivity index (χ0v) is 12.0.